The van der Waals surface area contributed by atoms with Crippen LogP contribution in [0.4, 0.5) is 4.39 Å². The Morgan fingerprint density at radius 1 is 1.31 bits per heavy atom. The van der Waals surface area contributed by atoms with Crippen molar-refractivity contribution in [2.75, 3.05) is 11.8 Å². The second-order valence-corrected chi connectivity index (χ2v) is 5.42. The van der Waals surface area contributed by atoms with E-state index in [9.17, 15) is 4.39 Å². The maximum absolute atomic E-state index is 13.1. The van der Waals surface area contributed by atoms with E-state index in [4.69, 9.17) is 23.2 Å². The summed E-state index contributed by atoms with van der Waals surface area (Å²) in [5.74, 6) is 0.735. The van der Waals surface area contributed by atoms with Crippen LogP contribution in [0, 0.1) is 11.2 Å². The molecule has 16 heavy (non-hydrogen) atoms. The molecule has 0 aliphatic carbocycles. The van der Waals surface area contributed by atoms with Gasteiger partial charge in [-0.25, -0.2) is 4.39 Å². The van der Waals surface area contributed by atoms with E-state index in [0.29, 0.717) is 18.2 Å². The lowest BCUT2D eigenvalue weighted by Crippen LogP contribution is -2.27. The summed E-state index contributed by atoms with van der Waals surface area (Å²) in [6.07, 6.45) is 1.57. The molecule has 90 valence electrons. The number of rotatable bonds is 5. The first kappa shape index (κ1) is 14.3. The van der Waals surface area contributed by atoms with Crippen molar-refractivity contribution < 1.29 is 4.39 Å². The van der Waals surface area contributed by atoms with E-state index in [2.05, 4.69) is 22.9 Å². The molecule has 0 atom stereocenters. The van der Waals surface area contributed by atoms with Crippen LogP contribution in [0.15, 0.2) is 22.7 Å². The molecule has 0 amide bonds. The highest BCUT2D eigenvalue weighted by atomic mass is 79.9. The summed E-state index contributed by atoms with van der Waals surface area (Å²) in [7, 11) is 0. The number of alkyl halides is 2. The summed E-state index contributed by atoms with van der Waals surface area (Å²) in [6.45, 7) is 2.05. The first-order valence-corrected chi connectivity index (χ1v) is 6.99. The first-order valence-electron chi connectivity index (χ1n) is 5.13. The Bertz CT molecular complexity index is 343. The van der Waals surface area contributed by atoms with Gasteiger partial charge in [0.15, 0.2) is 0 Å². The van der Waals surface area contributed by atoms with Crippen LogP contribution in [0.3, 0.4) is 0 Å². The summed E-state index contributed by atoms with van der Waals surface area (Å²) < 4.78 is 14.1. The molecule has 0 aliphatic rings. The van der Waals surface area contributed by atoms with E-state index in [1.165, 1.54) is 12.1 Å². The summed E-state index contributed by atoms with van der Waals surface area (Å²) in [5.41, 5.74) is 0.766. The molecular weight excluding hydrogens is 314 g/mol. The molecule has 0 fully saturated rings. The Labute approximate surface area is 114 Å². The summed E-state index contributed by atoms with van der Waals surface area (Å²) >= 11 is 15.4. The largest absolute Gasteiger partial charge is 0.207 e. The molecular formula is C12H14BrCl2F. The van der Waals surface area contributed by atoms with Crippen LogP contribution < -0.4 is 0 Å². The van der Waals surface area contributed by atoms with Gasteiger partial charge in [0.25, 0.3) is 0 Å². The van der Waals surface area contributed by atoms with Gasteiger partial charge < -0.3 is 0 Å². The third-order valence-electron chi connectivity index (χ3n) is 2.89. The SMILES string of the molecule is CCC(CCl)(CCl)Cc1cc(F)ccc1Br. The molecule has 0 unspecified atom stereocenters. The van der Waals surface area contributed by atoms with Gasteiger partial charge >= 0.3 is 0 Å². The lowest BCUT2D eigenvalue weighted by molar-refractivity contribution is 0.361. The van der Waals surface area contributed by atoms with Crippen LogP contribution in [0.25, 0.3) is 0 Å². The zero-order valence-electron chi connectivity index (χ0n) is 9.07. The van der Waals surface area contributed by atoms with Crippen molar-refractivity contribution in [3.8, 4) is 0 Å². The van der Waals surface area contributed by atoms with Gasteiger partial charge in [0.05, 0.1) is 0 Å². The van der Waals surface area contributed by atoms with Crippen molar-refractivity contribution >= 4 is 39.1 Å². The molecule has 1 rings (SSSR count). The van der Waals surface area contributed by atoms with Gasteiger partial charge in [-0.2, -0.15) is 0 Å². The van der Waals surface area contributed by atoms with Crippen LogP contribution >= 0.6 is 39.1 Å². The van der Waals surface area contributed by atoms with Crippen molar-refractivity contribution in [2.24, 2.45) is 5.41 Å². The predicted octanol–water partition coefficient (Wildman–Crippen LogP) is 5.00. The minimum Gasteiger partial charge on any atom is -0.207 e. The number of halogens is 4. The fraction of sp³-hybridized carbons (Fsp3) is 0.500. The minimum atomic E-state index is -0.229. The van der Waals surface area contributed by atoms with Crippen LogP contribution in [-0.2, 0) is 6.42 Å². The lowest BCUT2D eigenvalue weighted by atomic mass is 9.83. The minimum absolute atomic E-state index is 0.153. The third kappa shape index (κ3) is 3.35. The second-order valence-electron chi connectivity index (χ2n) is 4.03. The van der Waals surface area contributed by atoms with Crippen LogP contribution in [0.2, 0.25) is 0 Å². The van der Waals surface area contributed by atoms with Crippen molar-refractivity contribution in [3.05, 3.63) is 34.1 Å². The molecule has 0 saturated heterocycles. The molecule has 0 nitrogen and oxygen atoms in total. The average molecular weight is 328 g/mol. The van der Waals surface area contributed by atoms with E-state index in [1.54, 1.807) is 6.07 Å². The zero-order chi connectivity index (χ0) is 12.2. The summed E-state index contributed by atoms with van der Waals surface area (Å²) in [5, 5.41) is 0. The standard InChI is InChI=1S/C12H14BrCl2F/c1-2-12(7-14,8-15)6-9-5-10(16)3-4-11(9)13/h3-5H,2,6-8H2,1H3. The van der Waals surface area contributed by atoms with Gasteiger partial charge in [0, 0.05) is 21.6 Å². The molecule has 0 bridgehead atoms. The van der Waals surface area contributed by atoms with Crippen LogP contribution in [-0.4, -0.2) is 11.8 Å². The van der Waals surface area contributed by atoms with Crippen molar-refractivity contribution in [3.63, 3.8) is 0 Å². The molecule has 1 aromatic carbocycles. The zero-order valence-corrected chi connectivity index (χ0v) is 12.2. The molecule has 0 aliphatic heterocycles. The number of benzene rings is 1. The molecule has 0 aromatic heterocycles. The fourth-order valence-corrected chi connectivity index (χ4v) is 2.77. The molecule has 0 saturated carbocycles. The molecule has 1 aromatic rings. The average Bonchev–Trinajstić information content (AvgIpc) is 2.31. The highest BCUT2D eigenvalue weighted by Gasteiger charge is 2.27. The third-order valence-corrected chi connectivity index (χ3v) is 4.80. The molecule has 0 heterocycles. The van der Waals surface area contributed by atoms with Gasteiger partial charge in [0.2, 0.25) is 0 Å². The predicted molar refractivity (Wildman–Crippen MR) is 72.0 cm³/mol. The Kier molecular flexibility index (Phi) is 5.55. The topological polar surface area (TPSA) is 0 Å². The van der Waals surface area contributed by atoms with Gasteiger partial charge in [-0.1, -0.05) is 22.9 Å². The monoisotopic (exact) mass is 326 g/mol. The normalized spacial score (nSPS) is 11.8. The Hall–Kier alpha value is 0.210. The molecule has 0 spiro atoms. The summed E-state index contributed by atoms with van der Waals surface area (Å²) in [6, 6.07) is 4.68. The van der Waals surface area contributed by atoms with Crippen LogP contribution in [0.1, 0.15) is 18.9 Å². The van der Waals surface area contributed by atoms with E-state index in [-0.39, 0.29) is 11.2 Å². The fourth-order valence-electron chi connectivity index (χ4n) is 1.53. The van der Waals surface area contributed by atoms with E-state index in [1.807, 2.05) is 0 Å². The molecule has 0 radical (unpaired) electrons. The van der Waals surface area contributed by atoms with Gasteiger partial charge in [0.1, 0.15) is 5.82 Å². The first-order chi connectivity index (χ1) is 7.56. The second kappa shape index (κ2) is 6.23. The van der Waals surface area contributed by atoms with Crippen molar-refractivity contribution in [1.29, 1.82) is 0 Å². The Morgan fingerprint density at radius 3 is 2.44 bits per heavy atom. The van der Waals surface area contributed by atoms with Crippen molar-refractivity contribution in [2.45, 2.75) is 19.8 Å². The maximum Gasteiger partial charge on any atom is 0.123 e. The Morgan fingerprint density at radius 2 is 1.94 bits per heavy atom. The molecule has 0 N–H and O–H groups in total. The van der Waals surface area contributed by atoms with E-state index in [0.717, 1.165) is 16.5 Å². The van der Waals surface area contributed by atoms with Gasteiger partial charge in [-0.05, 0) is 36.6 Å². The van der Waals surface area contributed by atoms with Crippen LogP contribution in [0.5, 0.6) is 0 Å². The lowest BCUT2D eigenvalue weighted by Gasteiger charge is -2.28. The Balaban J connectivity index is 2.97. The van der Waals surface area contributed by atoms with E-state index < -0.39 is 0 Å². The molecule has 4 heteroatoms. The highest BCUT2D eigenvalue weighted by molar-refractivity contribution is 9.10. The maximum atomic E-state index is 13.1. The van der Waals surface area contributed by atoms with Gasteiger partial charge in [-0.3, -0.25) is 0 Å². The quantitative estimate of drug-likeness (QED) is 0.667. The van der Waals surface area contributed by atoms with Crippen molar-refractivity contribution in [1.82, 2.24) is 0 Å². The number of hydrogen-bond donors (Lipinski definition) is 0. The highest BCUT2D eigenvalue weighted by Crippen LogP contribution is 2.33. The summed E-state index contributed by atoms with van der Waals surface area (Å²) in [4.78, 5) is 0. The van der Waals surface area contributed by atoms with E-state index >= 15 is 0 Å². The number of hydrogen-bond acceptors (Lipinski definition) is 0. The van der Waals surface area contributed by atoms with Gasteiger partial charge in [-0.15, -0.1) is 23.2 Å². The smallest absolute Gasteiger partial charge is 0.123 e.